The first kappa shape index (κ1) is 18.0. The van der Waals surface area contributed by atoms with E-state index in [-0.39, 0.29) is 23.3 Å². The summed E-state index contributed by atoms with van der Waals surface area (Å²) in [5.41, 5.74) is 0. The highest BCUT2D eigenvalue weighted by Gasteiger charge is 2.13. The van der Waals surface area contributed by atoms with Crippen LogP contribution in [0.2, 0.25) is 0 Å². The van der Waals surface area contributed by atoms with Gasteiger partial charge in [-0.1, -0.05) is 19.9 Å². The monoisotopic (exact) mass is 327 g/mol. The molecule has 0 aromatic carbocycles. The van der Waals surface area contributed by atoms with Crippen molar-refractivity contribution in [3.8, 4) is 0 Å². The van der Waals surface area contributed by atoms with Crippen molar-refractivity contribution in [1.82, 2.24) is 4.98 Å². The summed E-state index contributed by atoms with van der Waals surface area (Å²) in [6.07, 6.45) is 3.47. The molecular weight excluding hydrogens is 306 g/mol. The molecule has 1 heterocycles. The van der Waals surface area contributed by atoms with Crippen LogP contribution in [0.4, 0.5) is 0 Å². The molecule has 0 amide bonds. The van der Waals surface area contributed by atoms with Crippen molar-refractivity contribution in [3.05, 3.63) is 24.4 Å². The van der Waals surface area contributed by atoms with E-state index < -0.39 is 11.9 Å². The van der Waals surface area contributed by atoms with Crippen molar-refractivity contribution in [2.45, 2.75) is 55.1 Å². The van der Waals surface area contributed by atoms with Gasteiger partial charge in [-0.25, -0.2) is 4.98 Å². The standard InChI is InChI=1S/C15H21NO3S2/c1-11(20)6-8-14(17)19-15(18)9-7-12(2)21-13-5-3-4-10-16-13/h3-5,10-12,20H,6-9H2,1-2H3. The van der Waals surface area contributed by atoms with E-state index in [9.17, 15) is 9.59 Å². The minimum Gasteiger partial charge on any atom is -0.393 e. The molecule has 0 spiro atoms. The average molecular weight is 327 g/mol. The van der Waals surface area contributed by atoms with E-state index in [1.807, 2.05) is 32.0 Å². The molecule has 1 aromatic heterocycles. The van der Waals surface area contributed by atoms with Crippen molar-refractivity contribution in [3.63, 3.8) is 0 Å². The summed E-state index contributed by atoms with van der Waals surface area (Å²) in [6, 6.07) is 5.72. The molecule has 0 aliphatic carbocycles. The minimum atomic E-state index is -0.467. The topological polar surface area (TPSA) is 56.3 Å². The zero-order valence-electron chi connectivity index (χ0n) is 12.3. The molecule has 0 bridgehead atoms. The van der Waals surface area contributed by atoms with Crippen molar-refractivity contribution < 1.29 is 14.3 Å². The van der Waals surface area contributed by atoms with Crippen LogP contribution in [0, 0.1) is 0 Å². The van der Waals surface area contributed by atoms with Crippen LogP contribution >= 0.6 is 24.4 Å². The van der Waals surface area contributed by atoms with Crippen LogP contribution in [0.3, 0.4) is 0 Å². The number of carbonyl (C=O) groups excluding carboxylic acids is 2. The number of ether oxygens (including phenoxy) is 1. The lowest BCUT2D eigenvalue weighted by Crippen LogP contribution is -2.14. The van der Waals surface area contributed by atoms with E-state index in [0.29, 0.717) is 12.8 Å². The normalized spacial score (nSPS) is 13.5. The lowest BCUT2D eigenvalue weighted by Gasteiger charge is -2.10. The van der Waals surface area contributed by atoms with Gasteiger partial charge < -0.3 is 4.74 Å². The van der Waals surface area contributed by atoms with Gasteiger partial charge in [0.1, 0.15) is 0 Å². The largest absolute Gasteiger partial charge is 0.393 e. The number of carbonyl (C=O) groups is 2. The first-order valence-electron chi connectivity index (χ1n) is 6.96. The zero-order chi connectivity index (χ0) is 15.7. The van der Waals surface area contributed by atoms with Crippen LogP contribution in [-0.4, -0.2) is 27.4 Å². The quantitative estimate of drug-likeness (QED) is 0.343. The Morgan fingerprint density at radius 2 is 1.90 bits per heavy atom. The highest BCUT2D eigenvalue weighted by molar-refractivity contribution is 7.99. The second-order valence-corrected chi connectivity index (χ2v) is 7.21. The first-order valence-corrected chi connectivity index (χ1v) is 8.36. The number of pyridine rings is 1. The number of hydrogen-bond acceptors (Lipinski definition) is 6. The fourth-order valence-corrected chi connectivity index (χ4v) is 2.61. The summed E-state index contributed by atoms with van der Waals surface area (Å²) >= 11 is 5.78. The molecule has 1 rings (SSSR count). The van der Waals surface area contributed by atoms with Crippen LogP contribution in [0.1, 0.15) is 39.5 Å². The molecule has 0 aliphatic heterocycles. The molecule has 21 heavy (non-hydrogen) atoms. The van der Waals surface area contributed by atoms with Gasteiger partial charge in [-0.05, 0) is 30.2 Å². The van der Waals surface area contributed by atoms with Crippen LogP contribution in [-0.2, 0) is 14.3 Å². The predicted octanol–water partition coefficient (Wildman–Crippen LogP) is 3.51. The highest BCUT2D eigenvalue weighted by Crippen LogP contribution is 2.23. The zero-order valence-corrected chi connectivity index (χ0v) is 14.0. The molecule has 116 valence electrons. The Bertz CT molecular complexity index is 451. The average Bonchev–Trinajstić information content (AvgIpc) is 2.44. The smallest absolute Gasteiger partial charge is 0.313 e. The second kappa shape index (κ2) is 9.84. The molecule has 2 unspecified atom stereocenters. The van der Waals surface area contributed by atoms with Gasteiger partial charge in [0.15, 0.2) is 0 Å². The fraction of sp³-hybridized carbons (Fsp3) is 0.533. The Kier molecular flexibility index (Phi) is 8.45. The van der Waals surface area contributed by atoms with E-state index in [2.05, 4.69) is 17.6 Å². The molecule has 0 radical (unpaired) electrons. The van der Waals surface area contributed by atoms with E-state index in [1.165, 1.54) is 0 Å². The number of thiol groups is 1. The van der Waals surface area contributed by atoms with E-state index >= 15 is 0 Å². The number of esters is 2. The molecule has 0 fully saturated rings. The maximum atomic E-state index is 11.6. The molecule has 0 aliphatic rings. The Balaban J connectivity index is 2.21. The summed E-state index contributed by atoms with van der Waals surface area (Å²) < 4.78 is 4.76. The third kappa shape index (κ3) is 8.78. The van der Waals surface area contributed by atoms with Crippen LogP contribution < -0.4 is 0 Å². The van der Waals surface area contributed by atoms with E-state index in [4.69, 9.17) is 4.74 Å². The number of rotatable bonds is 8. The third-order valence-electron chi connectivity index (χ3n) is 2.71. The molecule has 1 aromatic rings. The van der Waals surface area contributed by atoms with Crippen molar-refractivity contribution in [1.29, 1.82) is 0 Å². The van der Waals surface area contributed by atoms with Gasteiger partial charge in [0.2, 0.25) is 0 Å². The fourth-order valence-electron chi connectivity index (χ4n) is 1.56. The van der Waals surface area contributed by atoms with Gasteiger partial charge in [0.05, 0.1) is 5.03 Å². The Morgan fingerprint density at radius 1 is 1.24 bits per heavy atom. The number of hydrogen-bond donors (Lipinski definition) is 1. The van der Waals surface area contributed by atoms with E-state index in [0.717, 1.165) is 5.03 Å². The Morgan fingerprint density at radius 3 is 2.48 bits per heavy atom. The Hall–Kier alpha value is -1.01. The summed E-state index contributed by atoms with van der Waals surface area (Å²) in [7, 11) is 0. The Labute approximate surface area is 135 Å². The van der Waals surface area contributed by atoms with Crippen molar-refractivity contribution in [2.75, 3.05) is 0 Å². The number of thioether (sulfide) groups is 1. The van der Waals surface area contributed by atoms with Crippen molar-refractivity contribution >= 4 is 36.3 Å². The maximum absolute atomic E-state index is 11.6. The molecule has 6 heteroatoms. The van der Waals surface area contributed by atoms with Gasteiger partial charge in [-0.2, -0.15) is 12.6 Å². The lowest BCUT2D eigenvalue weighted by molar-refractivity contribution is -0.159. The van der Waals surface area contributed by atoms with Gasteiger partial charge in [0, 0.05) is 24.3 Å². The molecule has 4 nitrogen and oxygen atoms in total. The van der Waals surface area contributed by atoms with Gasteiger partial charge >= 0.3 is 11.9 Å². The minimum absolute atomic E-state index is 0.127. The van der Waals surface area contributed by atoms with Gasteiger partial charge in [0.25, 0.3) is 0 Å². The summed E-state index contributed by atoms with van der Waals surface area (Å²) in [4.78, 5) is 27.2. The molecule has 0 saturated heterocycles. The number of nitrogens with zero attached hydrogens (tertiary/aromatic N) is 1. The van der Waals surface area contributed by atoms with Crippen LogP contribution in [0.15, 0.2) is 29.4 Å². The van der Waals surface area contributed by atoms with E-state index in [1.54, 1.807) is 18.0 Å². The molecule has 0 N–H and O–H groups in total. The maximum Gasteiger partial charge on any atom is 0.313 e. The van der Waals surface area contributed by atoms with Crippen LogP contribution in [0.25, 0.3) is 0 Å². The summed E-state index contributed by atoms with van der Waals surface area (Å²) in [5.74, 6) is -0.925. The molecular formula is C15H21NO3S2. The summed E-state index contributed by atoms with van der Waals surface area (Å²) in [6.45, 7) is 3.92. The van der Waals surface area contributed by atoms with Gasteiger partial charge in [-0.15, -0.1) is 11.8 Å². The summed E-state index contributed by atoms with van der Waals surface area (Å²) in [5, 5.41) is 1.29. The van der Waals surface area contributed by atoms with Crippen LogP contribution in [0.5, 0.6) is 0 Å². The van der Waals surface area contributed by atoms with Gasteiger partial charge in [-0.3, -0.25) is 9.59 Å². The number of aromatic nitrogens is 1. The highest BCUT2D eigenvalue weighted by atomic mass is 32.2. The lowest BCUT2D eigenvalue weighted by atomic mass is 10.2. The SMILES string of the molecule is CC(S)CCC(=O)OC(=O)CCC(C)Sc1ccccn1. The second-order valence-electron chi connectivity index (χ2n) is 4.87. The predicted molar refractivity (Wildman–Crippen MR) is 87.6 cm³/mol. The first-order chi connectivity index (χ1) is 9.97. The third-order valence-corrected chi connectivity index (χ3v) is 4.09. The molecule has 0 saturated carbocycles. The molecule has 2 atom stereocenters. The van der Waals surface area contributed by atoms with Crippen molar-refractivity contribution in [2.24, 2.45) is 0 Å².